The van der Waals surface area contributed by atoms with Gasteiger partial charge in [0.05, 0.1) is 0 Å². The monoisotopic (exact) mass is 248 g/mol. The Hall–Kier alpha value is -0.350. The summed E-state index contributed by atoms with van der Waals surface area (Å²) in [4.78, 5) is 0. The Morgan fingerprint density at radius 2 is 1.41 bits per heavy atom. The van der Waals surface area contributed by atoms with Crippen LogP contribution in [0.4, 0.5) is 0 Å². The van der Waals surface area contributed by atoms with Gasteiger partial charge in [-0.2, -0.15) is 0 Å². The summed E-state index contributed by atoms with van der Waals surface area (Å²) in [5.74, 6) is 0. The molecule has 0 bridgehead atoms. The van der Waals surface area contributed by atoms with Gasteiger partial charge >= 0.3 is 0 Å². The van der Waals surface area contributed by atoms with Gasteiger partial charge in [-0.15, -0.1) is 0 Å². The summed E-state index contributed by atoms with van der Waals surface area (Å²) in [7, 11) is 1.03. The summed E-state index contributed by atoms with van der Waals surface area (Å²) in [5.41, 5.74) is 5.23. The minimum Gasteiger partial charge on any atom is -0.0898 e. The lowest BCUT2D eigenvalue weighted by Gasteiger charge is -2.31. The third-order valence-corrected chi connectivity index (χ3v) is 4.92. The molecule has 1 aliphatic heterocycles. The summed E-state index contributed by atoms with van der Waals surface area (Å²) in [6.45, 7) is 14.0. The number of rotatable bonds is 0. The Bertz CT molecular complexity index is 389. The summed E-state index contributed by atoms with van der Waals surface area (Å²) in [5, 5.41) is 1.63. The van der Waals surface area contributed by atoms with E-state index in [-0.39, 0.29) is 10.8 Å². The molecular formula is C16H25P. The maximum Gasteiger partial charge on any atom is -0.0129 e. The summed E-state index contributed by atoms with van der Waals surface area (Å²) < 4.78 is 0. The van der Waals surface area contributed by atoms with Crippen molar-refractivity contribution in [2.24, 2.45) is 0 Å². The molecule has 0 aromatic heterocycles. The molecule has 1 aliphatic rings. The van der Waals surface area contributed by atoms with Crippen LogP contribution >= 0.6 is 8.58 Å². The molecule has 0 N–H and O–H groups in total. The van der Waals surface area contributed by atoms with Crippen molar-refractivity contribution in [3.63, 3.8) is 0 Å². The van der Waals surface area contributed by atoms with Crippen LogP contribution in [0.5, 0.6) is 0 Å². The molecule has 1 aromatic carbocycles. The van der Waals surface area contributed by atoms with Crippen LogP contribution in [0.25, 0.3) is 0 Å². The number of hydrogen-bond donors (Lipinski definition) is 0. The van der Waals surface area contributed by atoms with E-state index in [0.717, 1.165) is 8.58 Å². The maximum atomic E-state index is 2.50. The van der Waals surface area contributed by atoms with Gasteiger partial charge < -0.3 is 0 Å². The van der Waals surface area contributed by atoms with Crippen molar-refractivity contribution >= 4 is 13.9 Å². The van der Waals surface area contributed by atoms with E-state index in [2.05, 4.69) is 53.7 Å². The van der Waals surface area contributed by atoms with Crippen molar-refractivity contribution in [2.75, 3.05) is 6.16 Å². The predicted octanol–water partition coefficient (Wildman–Crippen LogP) is 4.14. The second-order valence-corrected chi connectivity index (χ2v) is 8.62. The molecule has 1 atom stereocenters. The second-order valence-electron chi connectivity index (χ2n) is 7.23. The Balaban J connectivity index is 2.64. The fraction of sp³-hybridized carbons (Fsp3) is 0.625. The van der Waals surface area contributed by atoms with Crippen molar-refractivity contribution in [2.45, 2.75) is 58.8 Å². The highest BCUT2D eigenvalue weighted by Gasteiger charge is 2.27. The highest BCUT2D eigenvalue weighted by molar-refractivity contribution is 7.47. The first-order valence-electron chi connectivity index (χ1n) is 6.61. The molecule has 0 saturated carbocycles. The molecular weight excluding hydrogens is 223 g/mol. The fourth-order valence-electron chi connectivity index (χ4n) is 2.59. The van der Waals surface area contributed by atoms with Crippen LogP contribution in [0.15, 0.2) is 12.1 Å². The Labute approximate surface area is 108 Å². The lowest BCUT2D eigenvalue weighted by atomic mass is 9.74. The maximum absolute atomic E-state index is 2.50. The van der Waals surface area contributed by atoms with Crippen LogP contribution in [-0.4, -0.2) is 6.16 Å². The highest BCUT2D eigenvalue weighted by atomic mass is 31.1. The molecule has 1 heteroatoms. The average Bonchev–Trinajstić information content (AvgIpc) is 2.59. The molecule has 0 fully saturated rings. The molecule has 0 aliphatic carbocycles. The van der Waals surface area contributed by atoms with Gasteiger partial charge in [-0.1, -0.05) is 62.3 Å². The van der Waals surface area contributed by atoms with Gasteiger partial charge in [0.15, 0.2) is 0 Å². The van der Waals surface area contributed by atoms with Gasteiger partial charge in [0.1, 0.15) is 0 Å². The van der Waals surface area contributed by atoms with Gasteiger partial charge in [0.2, 0.25) is 0 Å². The van der Waals surface area contributed by atoms with E-state index in [4.69, 9.17) is 0 Å². The van der Waals surface area contributed by atoms with E-state index < -0.39 is 0 Å². The normalized spacial score (nSPS) is 17.5. The first-order chi connectivity index (χ1) is 7.69. The van der Waals surface area contributed by atoms with Crippen LogP contribution in [0.3, 0.4) is 0 Å². The molecule has 2 rings (SSSR count). The zero-order valence-corrected chi connectivity index (χ0v) is 13.1. The standard InChI is InChI=1S/C16H25P/c1-15(2,3)12-9-11-7-8-17-14(11)10-13(12)16(4,5)6/h9-10,17H,7-8H2,1-6H3. The van der Waals surface area contributed by atoms with E-state index in [9.17, 15) is 0 Å². The van der Waals surface area contributed by atoms with E-state index in [1.54, 1.807) is 22.0 Å². The van der Waals surface area contributed by atoms with Gasteiger partial charge in [0, 0.05) is 0 Å². The molecule has 0 spiro atoms. The summed E-state index contributed by atoms with van der Waals surface area (Å²) in [6.07, 6.45) is 2.66. The first kappa shape index (κ1) is 13.1. The number of benzene rings is 1. The topological polar surface area (TPSA) is 0 Å². The van der Waals surface area contributed by atoms with Crippen LogP contribution in [0.1, 0.15) is 58.2 Å². The average molecular weight is 248 g/mol. The molecule has 1 aromatic rings. The third-order valence-electron chi connectivity index (χ3n) is 3.57. The number of hydrogen-bond acceptors (Lipinski definition) is 0. The Morgan fingerprint density at radius 1 is 0.882 bits per heavy atom. The number of aryl methyl sites for hydroxylation is 1. The van der Waals surface area contributed by atoms with Crippen molar-refractivity contribution in [3.05, 3.63) is 28.8 Å². The second kappa shape index (κ2) is 4.09. The highest BCUT2D eigenvalue weighted by Crippen LogP contribution is 2.37. The predicted molar refractivity (Wildman–Crippen MR) is 80.4 cm³/mol. The first-order valence-corrected chi connectivity index (χ1v) is 7.82. The number of fused-ring (bicyclic) bond motifs is 1. The van der Waals surface area contributed by atoms with E-state index in [1.807, 2.05) is 0 Å². The molecule has 17 heavy (non-hydrogen) atoms. The quantitative estimate of drug-likeness (QED) is 0.605. The largest absolute Gasteiger partial charge is 0.0898 e. The Kier molecular flexibility index (Phi) is 3.15. The van der Waals surface area contributed by atoms with Crippen LogP contribution in [0.2, 0.25) is 0 Å². The summed E-state index contributed by atoms with van der Waals surface area (Å²) in [6, 6.07) is 5.00. The van der Waals surface area contributed by atoms with E-state index in [0.29, 0.717) is 0 Å². The lowest BCUT2D eigenvalue weighted by Crippen LogP contribution is -2.24. The Morgan fingerprint density at radius 3 is 1.94 bits per heavy atom. The van der Waals surface area contributed by atoms with Crippen molar-refractivity contribution in [1.82, 2.24) is 0 Å². The van der Waals surface area contributed by atoms with E-state index >= 15 is 0 Å². The lowest BCUT2D eigenvalue weighted by molar-refractivity contribution is 0.530. The smallest absolute Gasteiger partial charge is 0.0129 e. The summed E-state index contributed by atoms with van der Waals surface area (Å²) >= 11 is 0. The van der Waals surface area contributed by atoms with Crippen molar-refractivity contribution in [3.8, 4) is 0 Å². The zero-order chi connectivity index (χ0) is 12.8. The molecule has 0 amide bonds. The molecule has 0 saturated heterocycles. The fourth-order valence-corrected chi connectivity index (χ4v) is 3.92. The minimum absolute atomic E-state index is 0.253. The molecule has 0 radical (unpaired) electrons. The van der Waals surface area contributed by atoms with E-state index in [1.165, 1.54) is 12.6 Å². The zero-order valence-electron chi connectivity index (χ0n) is 12.1. The van der Waals surface area contributed by atoms with Gasteiger partial charge in [-0.25, -0.2) is 0 Å². The van der Waals surface area contributed by atoms with Crippen LogP contribution in [-0.2, 0) is 17.3 Å². The molecule has 1 heterocycles. The van der Waals surface area contributed by atoms with Gasteiger partial charge in [-0.05, 0) is 45.4 Å². The minimum atomic E-state index is 0.253. The van der Waals surface area contributed by atoms with Gasteiger partial charge in [0.25, 0.3) is 0 Å². The van der Waals surface area contributed by atoms with Gasteiger partial charge in [-0.3, -0.25) is 0 Å². The SMILES string of the molecule is CC(C)(C)c1cc2c(cc1C(C)(C)C)PCC2. The molecule has 0 nitrogen and oxygen atoms in total. The van der Waals surface area contributed by atoms with Crippen LogP contribution < -0.4 is 5.30 Å². The van der Waals surface area contributed by atoms with Crippen LogP contribution in [0, 0.1) is 0 Å². The third kappa shape index (κ3) is 2.58. The molecule has 1 unspecified atom stereocenters. The molecule has 94 valence electrons. The van der Waals surface area contributed by atoms with Crippen molar-refractivity contribution < 1.29 is 0 Å². The van der Waals surface area contributed by atoms with Crippen molar-refractivity contribution in [1.29, 1.82) is 0 Å².